The number of nitrogens with one attached hydrogen (secondary N) is 1. The van der Waals surface area contributed by atoms with Gasteiger partial charge in [-0.05, 0) is 29.3 Å². The van der Waals surface area contributed by atoms with Crippen molar-refractivity contribution in [2.24, 2.45) is 0 Å². The van der Waals surface area contributed by atoms with Crippen molar-refractivity contribution in [2.75, 3.05) is 19.8 Å². The van der Waals surface area contributed by atoms with Crippen LogP contribution in [0.2, 0.25) is 0 Å². The molecule has 0 radical (unpaired) electrons. The van der Waals surface area contributed by atoms with E-state index in [0.717, 1.165) is 26.2 Å². The van der Waals surface area contributed by atoms with Crippen LogP contribution >= 0.6 is 22.7 Å². The highest BCUT2D eigenvalue weighted by atomic mass is 32.1. The molecule has 2 nitrogen and oxygen atoms in total. The van der Waals surface area contributed by atoms with Crippen molar-refractivity contribution < 1.29 is 4.74 Å². The molecule has 2 rings (SSSR count). The minimum absolute atomic E-state index is 0.294. The van der Waals surface area contributed by atoms with Crippen LogP contribution in [0.5, 0.6) is 0 Å². The maximum absolute atomic E-state index is 5.53. The topological polar surface area (TPSA) is 21.3 Å². The van der Waals surface area contributed by atoms with E-state index in [1.54, 1.807) is 22.7 Å². The van der Waals surface area contributed by atoms with Crippen LogP contribution in [0.15, 0.2) is 47.7 Å². The number of ether oxygens (including phenoxy) is 1. The van der Waals surface area contributed by atoms with E-state index in [0.29, 0.717) is 6.04 Å². The third-order valence-electron chi connectivity index (χ3n) is 2.72. The van der Waals surface area contributed by atoms with Gasteiger partial charge in [0.15, 0.2) is 0 Å². The molecule has 19 heavy (non-hydrogen) atoms. The minimum atomic E-state index is 0.294. The van der Waals surface area contributed by atoms with Crippen LogP contribution in [0.25, 0.3) is 0 Å². The van der Waals surface area contributed by atoms with Crippen LogP contribution in [0, 0.1) is 0 Å². The lowest BCUT2D eigenvalue weighted by Gasteiger charge is -2.16. The number of thiophene rings is 2. The standard InChI is InChI=1S/C15H19NOS2/c1-2-3-9-17-10-8-16-15(13-6-4-11-18-13)14-7-5-12-19-14/h2,4-7,11-12,15-16H,1,3,8-10H2. The van der Waals surface area contributed by atoms with Gasteiger partial charge in [0.25, 0.3) is 0 Å². The van der Waals surface area contributed by atoms with E-state index in [9.17, 15) is 0 Å². The van der Waals surface area contributed by atoms with Gasteiger partial charge in [0.2, 0.25) is 0 Å². The summed E-state index contributed by atoms with van der Waals surface area (Å²) >= 11 is 3.58. The second-order valence-electron chi connectivity index (χ2n) is 4.11. The number of hydrogen-bond donors (Lipinski definition) is 1. The second-order valence-corrected chi connectivity index (χ2v) is 6.07. The Morgan fingerprint density at radius 3 is 2.37 bits per heavy atom. The van der Waals surface area contributed by atoms with Crippen LogP contribution in [0.4, 0.5) is 0 Å². The van der Waals surface area contributed by atoms with E-state index < -0.39 is 0 Å². The third-order valence-corrected chi connectivity index (χ3v) is 4.59. The van der Waals surface area contributed by atoms with Gasteiger partial charge in [0, 0.05) is 16.3 Å². The first-order valence-corrected chi connectivity index (χ1v) is 8.16. The van der Waals surface area contributed by atoms with Gasteiger partial charge < -0.3 is 10.1 Å². The Balaban J connectivity index is 1.84. The number of rotatable bonds is 9. The van der Waals surface area contributed by atoms with Gasteiger partial charge in [-0.1, -0.05) is 18.2 Å². The molecule has 0 atom stereocenters. The third kappa shape index (κ3) is 4.58. The SMILES string of the molecule is C=CCCOCCNC(c1cccs1)c1cccs1. The highest BCUT2D eigenvalue weighted by Crippen LogP contribution is 2.28. The Morgan fingerprint density at radius 1 is 1.16 bits per heavy atom. The van der Waals surface area contributed by atoms with E-state index in [-0.39, 0.29) is 0 Å². The fraction of sp³-hybridized carbons (Fsp3) is 0.333. The Morgan fingerprint density at radius 2 is 1.84 bits per heavy atom. The van der Waals surface area contributed by atoms with Crippen molar-refractivity contribution in [3.63, 3.8) is 0 Å². The summed E-state index contributed by atoms with van der Waals surface area (Å²) in [6.07, 6.45) is 2.80. The van der Waals surface area contributed by atoms with Crippen molar-refractivity contribution in [3.8, 4) is 0 Å². The minimum Gasteiger partial charge on any atom is -0.380 e. The van der Waals surface area contributed by atoms with Gasteiger partial charge in [-0.25, -0.2) is 0 Å². The summed E-state index contributed by atoms with van der Waals surface area (Å²) in [7, 11) is 0. The lowest BCUT2D eigenvalue weighted by atomic mass is 10.2. The molecule has 0 saturated carbocycles. The highest BCUT2D eigenvalue weighted by molar-refractivity contribution is 7.11. The van der Waals surface area contributed by atoms with E-state index in [1.807, 2.05) is 6.08 Å². The van der Waals surface area contributed by atoms with Crippen molar-refractivity contribution in [3.05, 3.63) is 57.4 Å². The predicted octanol–water partition coefficient (Wildman–Crippen LogP) is 4.08. The molecular formula is C15H19NOS2. The summed E-state index contributed by atoms with van der Waals surface area (Å²) in [5, 5.41) is 7.82. The molecular weight excluding hydrogens is 274 g/mol. The molecule has 0 fully saturated rings. The molecule has 0 spiro atoms. The molecule has 4 heteroatoms. The molecule has 2 aromatic rings. The van der Waals surface area contributed by atoms with Crippen molar-refractivity contribution in [1.29, 1.82) is 0 Å². The molecule has 0 saturated heterocycles. The maximum atomic E-state index is 5.53. The molecule has 1 N–H and O–H groups in total. The first-order valence-electron chi connectivity index (χ1n) is 6.40. The summed E-state index contributed by atoms with van der Waals surface area (Å²) in [6, 6.07) is 8.86. The Bertz CT molecular complexity index is 416. The summed E-state index contributed by atoms with van der Waals surface area (Å²) in [4.78, 5) is 2.71. The predicted molar refractivity (Wildman–Crippen MR) is 84.1 cm³/mol. The summed E-state index contributed by atoms with van der Waals surface area (Å²) in [6.45, 7) is 6.04. The van der Waals surface area contributed by atoms with Crippen molar-refractivity contribution in [2.45, 2.75) is 12.5 Å². The molecule has 0 bridgehead atoms. The molecule has 0 aliphatic heterocycles. The van der Waals surface area contributed by atoms with Gasteiger partial charge in [-0.2, -0.15) is 0 Å². The lowest BCUT2D eigenvalue weighted by Crippen LogP contribution is -2.25. The lowest BCUT2D eigenvalue weighted by molar-refractivity contribution is 0.139. The molecule has 0 amide bonds. The van der Waals surface area contributed by atoms with Crippen LogP contribution in [-0.2, 0) is 4.74 Å². The van der Waals surface area contributed by atoms with E-state index in [1.165, 1.54) is 9.75 Å². The van der Waals surface area contributed by atoms with Crippen molar-refractivity contribution >= 4 is 22.7 Å². The smallest absolute Gasteiger partial charge is 0.0765 e. The molecule has 2 heterocycles. The Kier molecular flexibility index (Phi) is 6.30. The molecule has 0 unspecified atom stereocenters. The van der Waals surface area contributed by atoms with Crippen LogP contribution in [0.3, 0.4) is 0 Å². The Labute approximate surface area is 122 Å². The first-order chi connectivity index (χ1) is 9.42. The molecule has 0 aliphatic carbocycles. The average Bonchev–Trinajstić information content (AvgIpc) is 3.11. The average molecular weight is 293 g/mol. The molecule has 0 aromatic carbocycles. The van der Waals surface area contributed by atoms with Gasteiger partial charge >= 0.3 is 0 Å². The zero-order valence-electron chi connectivity index (χ0n) is 10.9. The highest BCUT2D eigenvalue weighted by Gasteiger charge is 2.14. The van der Waals surface area contributed by atoms with E-state index in [4.69, 9.17) is 4.74 Å². The second kappa shape index (κ2) is 8.27. The van der Waals surface area contributed by atoms with Gasteiger partial charge in [-0.15, -0.1) is 29.3 Å². The Hall–Kier alpha value is -0.940. The van der Waals surface area contributed by atoms with E-state index >= 15 is 0 Å². The van der Waals surface area contributed by atoms with Gasteiger partial charge in [-0.3, -0.25) is 0 Å². The molecule has 0 aliphatic rings. The fourth-order valence-electron chi connectivity index (χ4n) is 1.80. The van der Waals surface area contributed by atoms with Crippen LogP contribution < -0.4 is 5.32 Å². The largest absolute Gasteiger partial charge is 0.380 e. The quantitative estimate of drug-likeness (QED) is 0.555. The summed E-state index contributed by atoms with van der Waals surface area (Å²) in [5.74, 6) is 0. The zero-order chi connectivity index (χ0) is 13.3. The summed E-state index contributed by atoms with van der Waals surface area (Å²) in [5.41, 5.74) is 0. The number of hydrogen-bond acceptors (Lipinski definition) is 4. The monoisotopic (exact) mass is 293 g/mol. The van der Waals surface area contributed by atoms with E-state index in [2.05, 4.69) is 46.9 Å². The molecule has 102 valence electrons. The normalized spacial score (nSPS) is 11.0. The van der Waals surface area contributed by atoms with Gasteiger partial charge in [0.1, 0.15) is 0 Å². The first kappa shape index (κ1) is 14.5. The maximum Gasteiger partial charge on any atom is 0.0765 e. The van der Waals surface area contributed by atoms with Crippen molar-refractivity contribution in [1.82, 2.24) is 5.32 Å². The zero-order valence-corrected chi connectivity index (χ0v) is 12.5. The van der Waals surface area contributed by atoms with Crippen LogP contribution in [0.1, 0.15) is 22.2 Å². The summed E-state index contributed by atoms with van der Waals surface area (Å²) < 4.78 is 5.53. The molecule has 2 aromatic heterocycles. The fourth-order valence-corrected chi connectivity index (χ4v) is 3.51. The van der Waals surface area contributed by atoms with Crippen LogP contribution in [-0.4, -0.2) is 19.8 Å². The van der Waals surface area contributed by atoms with Gasteiger partial charge in [0.05, 0.1) is 19.3 Å².